The summed E-state index contributed by atoms with van der Waals surface area (Å²) in [5.74, 6) is 0.367. The molecule has 30 heavy (non-hydrogen) atoms. The van der Waals surface area contributed by atoms with Gasteiger partial charge in [-0.15, -0.1) is 0 Å². The first-order valence-corrected chi connectivity index (χ1v) is 12.3. The Morgan fingerprint density at radius 1 is 1.23 bits per heavy atom. The van der Waals surface area contributed by atoms with Crippen LogP contribution in [0.4, 0.5) is 0 Å². The number of methoxy groups -OCH3 is 1. The Bertz CT molecular complexity index is 832. The Balaban J connectivity index is 1.77. The van der Waals surface area contributed by atoms with E-state index >= 15 is 0 Å². The zero-order valence-electron chi connectivity index (χ0n) is 18.6. The summed E-state index contributed by atoms with van der Waals surface area (Å²) in [6.45, 7) is 8.14. The lowest BCUT2D eigenvalue weighted by Gasteiger charge is -2.44. The summed E-state index contributed by atoms with van der Waals surface area (Å²) in [4.78, 5) is 15.5. The van der Waals surface area contributed by atoms with Crippen LogP contribution in [0.25, 0.3) is 0 Å². The SMILES string of the molecule is CC[C@H](C)[C@@H]1NC2(CCN(S(=O)(=O)c3ccc(C)cc3)CC2)N(CCCOC)C1=O. The van der Waals surface area contributed by atoms with Gasteiger partial charge in [-0.25, -0.2) is 8.42 Å². The maximum Gasteiger partial charge on any atom is 0.243 e. The van der Waals surface area contributed by atoms with Crippen molar-refractivity contribution in [3.63, 3.8) is 0 Å². The normalized spacial score (nSPS) is 23.3. The highest BCUT2D eigenvalue weighted by molar-refractivity contribution is 7.89. The molecular formula is C22H35N3O4S. The molecule has 1 N–H and O–H groups in total. The lowest BCUT2D eigenvalue weighted by Crippen LogP contribution is -2.59. The summed E-state index contributed by atoms with van der Waals surface area (Å²) in [7, 11) is -1.87. The molecular weight excluding hydrogens is 402 g/mol. The van der Waals surface area contributed by atoms with Gasteiger partial charge in [-0.2, -0.15) is 4.31 Å². The maximum absolute atomic E-state index is 13.2. The first kappa shape index (κ1) is 23.2. The Morgan fingerprint density at radius 2 is 1.87 bits per heavy atom. The van der Waals surface area contributed by atoms with Crippen LogP contribution in [-0.2, 0) is 19.6 Å². The molecule has 2 heterocycles. The average Bonchev–Trinajstić information content (AvgIpc) is 3.00. The van der Waals surface area contributed by atoms with Crippen LogP contribution in [0.15, 0.2) is 29.2 Å². The highest BCUT2D eigenvalue weighted by atomic mass is 32.2. The van der Waals surface area contributed by atoms with Gasteiger partial charge in [0, 0.05) is 33.4 Å². The summed E-state index contributed by atoms with van der Waals surface area (Å²) in [6.07, 6.45) is 2.86. The molecule has 1 aromatic rings. The van der Waals surface area contributed by atoms with Crippen LogP contribution in [0.2, 0.25) is 0 Å². The van der Waals surface area contributed by atoms with Crippen molar-refractivity contribution in [1.29, 1.82) is 0 Å². The van der Waals surface area contributed by atoms with Crippen molar-refractivity contribution in [1.82, 2.24) is 14.5 Å². The molecule has 1 spiro atoms. The van der Waals surface area contributed by atoms with Gasteiger partial charge in [0.25, 0.3) is 0 Å². The van der Waals surface area contributed by atoms with Crippen LogP contribution >= 0.6 is 0 Å². The van der Waals surface area contributed by atoms with E-state index in [0.29, 0.717) is 44.0 Å². The zero-order valence-corrected chi connectivity index (χ0v) is 19.4. The minimum Gasteiger partial charge on any atom is -0.385 e. The largest absolute Gasteiger partial charge is 0.385 e. The van der Waals surface area contributed by atoms with Crippen LogP contribution in [0.3, 0.4) is 0 Å². The van der Waals surface area contributed by atoms with Gasteiger partial charge in [-0.3, -0.25) is 10.1 Å². The van der Waals surface area contributed by atoms with E-state index in [1.807, 2.05) is 24.0 Å². The molecule has 1 amide bonds. The van der Waals surface area contributed by atoms with E-state index in [9.17, 15) is 13.2 Å². The third-order valence-electron chi connectivity index (χ3n) is 6.62. The van der Waals surface area contributed by atoms with Crippen molar-refractivity contribution < 1.29 is 17.9 Å². The molecule has 2 saturated heterocycles. The van der Waals surface area contributed by atoms with Crippen LogP contribution in [-0.4, -0.2) is 68.6 Å². The Hall–Kier alpha value is -1.48. The Labute approximate surface area is 180 Å². The monoisotopic (exact) mass is 437 g/mol. The van der Waals surface area contributed by atoms with Crippen molar-refractivity contribution in [3.8, 4) is 0 Å². The third kappa shape index (κ3) is 4.42. The predicted molar refractivity (Wildman–Crippen MR) is 116 cm³/mol. The van der Waals surface area contributed by atoms with Gasteiger partial charge in [0.05, 0.1) is 16.6 Å². The summed E-state index contributed by atoms with van der Waals surface area (Å²) >= 11 is 0. The van der Waals surface area contributed by atoms with E-state index in [1.54, 1.807) is 23.5 Å². The second kappa shape index (κ2) is 9.34. The smallest absolute Gasteiger partial charge is 0.243 e. The minimum atomic E-state index is -3.53. The van der Waals surface area contributed by atoms with Crippen molar-refractivity contribution in [2.45, 2.75) is 63.1 Å². The maximum atomic E-state index is 13.2. The summed E-state index contributed by atoms with van der Waals surface area (Å²) in [5, 5.41) is 3.62. The fourth-order valence-electron chi connectivity index (χ4n) is 4.49. The van der Waals surface area contributed by atoms with Crippen molar-refractivity contribution in [2.75, 3.05) is 33.4 Å². The minimum absolute atomic E-state index is 0.135. The number of nitrogens with one attached hydrogen (secondary N) is 1. The summed E-state index contributed by atoms with van der Waals surface area (Å²) in [6, 6.07) is 6.77. The zero-order chi connectivity index (χ0) is 21.9. The standard InChI is InChI=1S/C22H35N3O4S/c1-5-18(3)20-21(26)25(13-6-16-29-4)22(23-20)11-14-24(15-12-22)30(27,28)19-9-7-17(2)8-10-19/h7-10,18,20,23H,5-6,11-16H2,1-4H3/t18-,20-/m0/s1. The number of hydrogen-bond acceptors (Lipinski definition) is 5. The van der Waals surface area contributed by atoms with Gasteiger partial charge in [-0.05, 0) is 44.2 Å². The molecule has 8 heteroatoms. The number of aryl methyl sites for hydroxylation is 1. The molecule has 1 aromatic carbocycles. The summed E-state index contributed by atoms with van der Waals surface area (Å²) < 4.78 is 32.9. The van der Waals surface area contributed by atoms with E-state index in [-0.39, 0.29) is 17.9 Å². The number of piperidine rings is 1. The van der Waals surface area contributed by atoms with E-state index in [0.717, 1.165) is 18.4 Å². The third-order valence-corrected chi connectivity index (χ3v) is 8.54. The molecule has 2 aliphatic heterocycles. The molecule has 0 aromatic heterocycles. The van der Waals surface area contributed by atoms with Gasteiger partial charge < -0.3 is 9.64 Å². The first-order chi connectivity index (χ1) is 14.2. The van der Waals surface area contributed by atoms with E-state index in [1.165, 1.54) is 0 Å². The second-order valence-corrected chi connectivity index (χ2v) is 10.5. The predicted octanol–water partition coefficient (Wildman–Crippen LogP) is 2.36. The molecule has 0 unspecified atom stereocenters. The lowest BCUT2D eigenvalue weighted by atomic mass is 9.96. The number of rotatable bonds is 8. The fraction of sp³-hybridized carbons (Fsp3) is 0.682. The number of benzene rings is 1. The molecule has 168 valence electrons. The average molecular weight is 438 g/mol. The number of nitrogens with zero attached hydrogens (tertiary/aromatic N) is 2. The second-order valence-electron chi connectivity index (χ2n) is 8.59. The number of sulfonamides is 1. The molecule has 7 nitrogen and oxygen atoms in total. The molecule has 3 rings (SSSR count). The molecule has 2 fully saturated rings. The van der Waals surface area contributed by atoms with E-state index < -0.39 is 15.7 Å². The lowest BCUT2D eigenvalue weighted by molar-refractivity contribution is -0.134. The first-order valence-electron chi connectivity index (χ1n) is 10.9. The van der Waals surface area contributed by atoms with Gasteiger partial charge in [0.1, 0.15) is 0 Å². The van der Waals surface area contributed by atoms with Crippen LogP contribution < -0.4 is 5.32 Å². The molecule has 0 radical (unpaired) electrons. The number of amides is 1. The number of carbonyl (C=O) groups is 1. The van der Waals surface area contributed by atoms with Crippen molar-refractivity contribution >= 4 is 15.9 Å². The van der Waals surface area contributed by atoms with Crippen LogP contribution in [0, 0.1) is 12.8 Å². The van der Waals surface area contributed by atoms with Crippen molar-refractivity contribution in [2.24, 2.45) is 5.92 Å². The molecule has 0 bridgehead atoms. The molecule has 2 aliphatic rings. The highest BCUT2D eigenvalue weighted by Gasteiger charge is 2.53. The van der Waals surface area contributed by atoms with E-state index in [2.05, 4.69) is 19.2 Å². The Morgan fingerprint density at radius 3 is 2.43 bits per heavy atom. The van der Waals surface area contributed by atoms with Gasteiger partial charge in [0.15, 0.2) is 0 Å². The topological polar surface area (TPSA) is 79.0 Å². The van der Waals surface area contributed by atoms with Crippen LogP contribution in [0.5, 0.6) is 0 Å². The Kier molecular flexibility index (Phi) is 7.22. The van der Waals surface area contributed by atoms with E-state index in [4.69, 9.17) is 4.74 Å². The summed E-state index contributed by atoms with van der Waals surface area (Å²) in [5.41, 5.74) is 0.557. The molecule has 0 saturated carbocycles. The van der Waals surface area contributed by atoms with Gasteiger partial charge in [-0.1, -0.05) is 38.0 Å². The van der Waals surface area contributed by atoms with Crippen molar-refractivity contribution in [3.05, 3.63) is 29.8 Å². The number of hydrogen-bond donors (Lipinski definition) is 1. The van der Waals surface area contributed by atoms with Gasteiger partial charge >= 0.3 is 0 Å². The van der Waals surface area contributed by atoms with Gasteiger partial charge in [0.2, 0.25) is 15.9 Å². The fourth-order valence-corrected chi connectivity index (χ4v) is 5.93. The highest BCUT2D eigenvalue weighted by Crippen LogP contribution is 2.36. The molecule has 0 aliphatic carbocycles. The molecule has 2 atom stereocenters. The number of ether oxygens (including phenoxy) is 1. The van der Waals surface area contributed by atoms with Crippen LogP contribution in [0.1, 0.15) is 45.1 Å². The number of carbonyl (C=O) groups excluding carboxylic acids is 1. The quantitative estimate of drug-likeness (QED) is 0.632.